The maximum absolute atomic E-state index is 14.4. The number of piperidine rings is 1. The summed E-state index contributed by atoms with van der Waals surface area (Å²) in [5.41, 5.74) is 11.0. The Bertz CT molecular complexity index is 3790. The van der Waals surface area contributed by atoms with Crippen LogP contribution in [-0.4, -0.2) is 252 Å². The maximum Gasteiger partial charge on any atom is 0.407 e. The van der Waals surface area contributed by atoms with Crippen LogP contribution in [0.1, 0.15) is 175 Å². The van der Waals surface area contributed by atoms with E-state index in [9.17, 15) is 33.9 Å². The zero-order valence-corrected chi connectivity index (χ0v) is 69.1. The molecule has 29 nitrogen and oxygen atoms in total. The number of nitrogen functional groups attached to an aromatic ring is 1. The molecule has 4 fully saturated rings. The van der Waals surface area contributed by atoms with E-state index in [1.807, 2.05) is 75.4 Å². The third-order valence-electron chi connectivity index (χ3n) is 22.8. The molecule has 5 aliphatic rings. The van der Waals surface area contributed by atoms with Crippen molar-refractivity contribution in [3.8, 4) is 17.1 Å². The fourth-order valence-electron chi connectivity index (χ4n) is 16.2. The first-order valence-electron chi connectivity index (χ1n) is 41.9. The molecule has 6 N–H and O–H groups in total. The predicted octanol–water partition coefficient (Wildman–Crippen LogP) is 10.7. The van der Waals surface area contributed by atoms with Crippen LogP contribution >= 0.6 is 0 Å². The number of H-pyrrole nitrogens is 1. The number of ketones is 2. The second-order valence-corrected chi connectivity index (χ2v) is 31.3. The van der Waals surface area contributed by atoms with Crippen molar-refractivity contribution in [2.24, 2.45) is 29.6 Å². The van der Waals surface area contributed by atoms with Gasteiger partial charge < -0.3 is 92.9 Å². The number of anilines is 1. The van der Waals surface area contributed by atoms with E-state index in [1.165, 1.54) is 18.3 Å². The van der Waals surface area contributed by atoms with Gasteiger partial charge in [-0.05, 0) is 177 Å². The summed E-state index contributed by atoms with van der Waals surface area (Å²) in [5, 5.41) is 22.9. The molecule has 638 valence electrons. The molecule has 10 atom stereocenters. The summed E-state index contributed by atoms with van der Waals surface area (Å²) in [4.78, 5) is 96.8. The minimum absolute atomic E-state index is 0.0318. The number of nitrogens with one attached hydrogen (secondary N) is 3. The van der Waals surface area contributed by atoms with Gasteiger partial charge in [-0.25, -0.2) is 24.1 Å². The van der Waals surface area contributed by atoms with Gasteiger partial charge >= 0.3 is 12.1 Å². The first kappa shape index (κ1) is 91.4. The molecule has 2 saturated heterocycles. The van der Waals surface area contributed by atoms with Gasteiger partial charge in [0.05, 0.1) is 123 Å². The van der Waals surface area contributed by atoms with Crippen molar-refractivity contribution in [3.63, 3.8) is 0 Å². The Kier molecular flexibility index (Phi) is 38.9. The molecule has 2 bridgehead atoms. The number of methoxy groups -OCH3 is 3. The lowest BCUT2D eigenvalue weighted by Gasteiger charge is -2.36. The Hall–Kier alpha value is -7.55. The van der Waals surface area contributed by atoms with Crippen LogP contribution in [0.15, 0.2) is 78.2 Å². The number of nitrogens with two attached hydrogens (primary N) is 1. The van der Waals surface area contributed by atoms with E-state index in [-0.39, 0.29) is 72.7 Å². The highest BCUT2D eigenvalue weighted by atomic mass is 16.6. The number of imidazole rings is 1. The number of hydrogen-bond acceptors (Lipinski definition) is 24. The van der Waals surface area contributed by atoms with Crippen molar-refractivity contribution >= 4 is 57.7 Å². The molecule has 29 heteroatoms. The van der Waals surface area contributed by atoms with Gasteiger partial charge in [-0.15, -0.1) is 0 Å². The van der Waals surface area contributed by atoms with Crippen molar-refractivity contribution in [1.82, 2.24) is 40.1 Å². The first-order chi connectivity index (χ1) is 55.8. The molecular weight excluding hydrogens is 1480 g/mol. The molecule has 6 heterocycles. The van der Waals surface area contributed by atoms with Gasteiger partial charge in [0.2, 0.25) is 11.7 Å². The predicted molar refractivity (Wildman–Crippen MR) is 433 cm³/mol. The number of ether oxygens (including phenoxy) is 13. The summed E-state index contributed by atoms with van der Waals surface area (Å²) in [6.07, 6.45) is 21.4. The number of cyclic esters (lactones) is 1. The Morgan fingerprint density at radius 1 is 0.687 bits per heavy atom. The number of amides is 3. The van der Waals surface area contributed by atoms with Gasteiger partial charge in [0, 0.05) is 63.4 Å². The smallest absolute Gasteiger partial charge is 0.407 e. The Morgan fingerprint density at radius 2 is 1.35 bits per heavy atom. The van der Waals surface area contributed by atoms with Crippen molar-refractivity contribution < 1.29 is 95.5 Å². The third kappa shape index (κ3) is 28.6. The molecule has 0 spiro atoms. The fraction of sp³-hybridized carbons (Fsp3) is 0.686. The highest BCUT2D eigenvalue weighted by molar-refractivity contribution is 6.38. The fourth-order valence-corrected chi connectivity index (χ4v) is 16.2. The number of aliphatic hydroxyl groups excluding tert-OH is 1. The number of alkyl carbamates (subject to hydrolysis) is 1. The number of para-hydroxylation sites is 1. The monoisotopic (exact) mass is 1610 g/mol. The highest BCUT2D eigenvalue weighted by Crippen LogP contribution is 2.40. The number of esters is 1. The number of carbonyl (C=O) groups is 6. The van der Waals surface area contributed by atoms with Gasteiger partial charge in [0.25, 0.3) is 5.91 Å². The number of aromatic amines is 1. The summed E-state index contributed by atoms with van der Waals surface area (Å²) < 4.78 is 77.0. The van der Waals surface area contributed by atoms with Crippen LogP contribution in [0.4, 0.5) is 10.6 Å². The van der Waals surface area contributed by atoms with Crippen LogP contribution in [0.2, 0.25) is 0 Å². The zero-order chi connectivity index (χ0) is 81.9. The number of aromatic nitrogens is 5. The Morgan fingerprint density at radius 3 is 2.00 bits per heavy atom. The minimum Gasteiger partial charge on any atom is -0.495 e. The quantitative estimate of drug-likeness (QED) is 0.0125. The first-order valence-corrected chi connectivity index (χ1v) is 41.9. The van der Waals surface area contributed by atoms with Crippen molar-refractivity contribution in [1.29, 1.82) is 0 Å². The van der Waals surface area contributed by atoms with E-state index in [0.29, 0.717) is 205 Å². The highest BCUT2D eigenvalue weighted by Gasteiger charge is 2.42. The molecule has 3 amide bonds. The van der Waals surface area contributed by atoms with E-state index in [0.717, 1.165) is 85.1 Å². The van der Waals surface area contributed by atoms with E-state index < -0.39 is 54.2 Å². The number of carbonyl (C=O) groups excluding carboxylic acids is 6. The molecule has 2 aliphatic carbocycles. The minimum atomic E-state index is -1.16. The summed E-state index contributed by atoms with van der Waals surface area (Å²) in [6.45, 7) is 16.2. The summed E-state index contributed by atoms with van der Waals surface area (Å²) >= 11 is 0. The van der Waals surface area contributed by atoms with E-state index in [4.69, 9.17) is 72.3 Å². The van der Waals surface area contributed by atoms with Gasteiger partial charge in [0.1, 0.15) is 65.7 Å². The van der Waals surface area contributed by atoms with Gasteiger partial charge in [-0.2, -0.15) is 5.10 Å². The molecule has 9 rings (SSSR count). The number of aliphatic hydroxyl groups is 1. The Balaban J connectivity index is 0.579. The van der Waals surface area contributed by atoms with Crippen LogP contribution < -0.4 is 21.1 Å². The normalized spacial score (nSPS) is 27.7. The molecule has 0 radical (unpaired) electrons. The van der Waals surface area contributed by atoms with Crippen LogP contribution in [0.5, 0.6) is 5.75 Å². The topological polar surface area (TPSA) is 355 Å². The molecule has 115 heavy (non-hydrogen) atoms. The molecule has 3 aliphatic heterocycles. The summed E-state index contributed by atoms with van der Waals surface area (Å²) in [7, 11) is 4.74. The van der Waals surface area contributed by atoms with Gasteiger partial charge in [-0.1, -0.05) is 69.4 Å². The zero-order valence-electron chi connectivity index (χ0n) is 69.1. The van der Waals surface area contributed by atoms with E-state index in [1.54, 1.807) is 25.7 Å². The van der Waals surface area contributed by atoms with Crippen LogP contribution in [0.25, 0.3) is 27.8 Å². The SMILES string of the molecule is COc1cccc2cc(-c3nc([C@H]4CC[C@H](C(=O)NCCOCCOCCOCCOCCOCCOCCOCCNC(=O)O[C@H]5CC[C@H](CC[C@@H]6CC[C@H](C)/C=C(\C)[C@@H](O)[C@@H](OC)C(=O)[C@H](C)C[C@H](C)/C=C/C=C/C=C(\C)[C@@H](OC)CC7CCCC(O7)C(=O)C(=O)N7CCCC[C@H]7C(=O)O6)CC5)CC4)n4ncnc(N)c34)[nH]c12. The Labute approximate surface area is 677 Å². The van der Waals surface area contributed by atoms with Crippen LogP contribution in [0, 0.1) is 29.6 Å². The molecule has 3 aromatic heterocycles. The van der Waals surface area contributed by atoms with Crippen LogP contribution in [-0.2, 0) is 80.8 Å². The molecular formula is C86H129N9O20. The van der Waals surface area contributed by atoms with Crippen molar-refractivity contribution in [2.45, 2.75) is 218 Å². The van der Waals surface area contributed by atoms with Gasteiger partial charge in [0.15, 0.2) is 11.6 Å². The van der Waals surface area contributed by atoms with Gasteiger partial charge in [-0.3, -0.25) is 19.2 Å². The van der Waals surface area contributed by atoms with Crippen LogP contribution in [0.3, 0.4) is 0 Å². The average molecular weight is 1610 g/mol. The second kappa shape index (κ2) is 49.0. The summed E-state index contributed by atoms with van der Waals surface area (Å²) in [5.74, 6) is -0.212. The molecule has 1 aromatic carbocycles. The van der Waals surface area contributed by atoms with E-state index >= 15 is 0 Å². The lowest BCUT2D eigenvalue weighted by Crippen LogP contribution is -2.54. The number of nitrogens with zero attached hydrogens (tertiary/aromatic N) is 5. The lowest BCUT2D eigenvalue weighted by atomic mass is 9.81. The summed E-state index contributed by atoms with van der Waals surface area (Å²) in [6, 6.07) is 6.98. The maximum atomic E-state index is 14.4. The standard InChI is InChI=1S/C86H129N9O20/c1-57-16-10-9-11-17-59(3)73(104-7)55-68-19-15-22-72(113-68)79(98)84(100)94-37-13-12-20-70(94)85(101)114-66(31-23-58(2)53-61(5)78(97)80(105-8)77(96)60(4)52-57)32-24-62-25-33-67(34-26-62)115-86(102)89-36-39-107-41-43-109-45-47-111-49-51-112-50-48-110-46-44-108-42-40-106-38-35-88-83(99)64-29-27-63(28-30-64)82-93-75(76-81(87)90-56-91-95(76)82)69-54-65-18-14-21-71(103-6)74(65)92-69/h9-11,14,16-18,21,53-54,56-58,60,62-64,66-68,70,72-73,78,80,92,97H,12-13,15,19-20,22-52,55H2,1-8H3,(H,88,99)(H,89,102)(H2,87,90,91)/b11-9+,16-10+,59-17+,61-53+/t57-,58+,60-,62-,63-,64-,66+,67-,68?,70+,72?,73+,78-,80+/m1/s1. The number of benzene rings is 1. The number of allylic oxidation sites excluding steroid dienone is 6. The van der Waals surface area contributed by atoms with Crippen molar-refractivity contribution in [3.05, 3.63) is 84.0 Å². The second-order valence-electron chi connectivity index (χ2n) is 31.3. The average Bonchev–Trinajstić information content (AvgIpc) is 1.59. The number of hydrogen-bond donors (Lipinski definition) is 5. The number of rotatable bonds is 34. The number of fused-ring (bicyclic) bond motifs is 5. The third-order valence-corrected chi connectivity index (χ3v) is 22.8. The lowest BCUT2D eigenvalue weighted by molar-refractivity contribution is -0.167. The van der Waals surface area contributed by atoms with Crippen molar-refractivity contribution in [2.75, 3.05) is 139 Å². The molecule has 4 aromatic rings. The number of Topliss-reactive ketones (excluding diaryl/α,β-unsaturated/α-hetero) is 2. The largest absolute Gasteiger partial charge is 0.495 e. The molecule has 2 saturated carbocycles. The molecule has 2 unspecified atom stereocenters. The van der Waals surface area contributed by atoms with E-state index in [2.05, 4.69) is 38.7 Å².